The van der Waals surface area contributed by atoms with Crippen LogP contribution in [0.1, 0.15) is 52.7 Å². The molecule has 1 heterocycles. The number of benzene rings is 7. The summed E-state index contributed by atoms with van der Waals surface area (Å²) >= 11 is 0. The Balaban J connectivity index is 1.42. The predicted molar refractivity (Wildman–Crippen MR) is 192 cm³/mol. The summed E-state index contributed by atoms with van der Waals surface area (Å²) in [6.45, 7) is 13.8. The maximum absolute atomic E-state index is 4.98. The van der Waals surface area contributed by atoms with Crippen molar-refractivity contribution in [1.82, 2.24) is 4.98 Å². The lowest BCUT2D eigenvalue weighted by molar-refractivity contribution is 0.590. The van der Waals surface area contributed by atoms with Crippen LogP contribution in [0, 0.1) is 0 Å². The summed E-state index contributed by atoms with van der Waals surface area (Å²) in [5, 5.41) is 15.4. The highest BCUT2D eigenvalue weighted by Crippen LogP contribution is 2.42. The number of nitrogens with zero attached hydrogens (tertiary/aromatic N) is 1. The van der Waals surface area contributed by atoms with Gasteiger partial charge in [-0.3, -0.25) is 4.98 Å². The summed E-state index contributed by atoms with van der Waals surface area (Å²) in [4.78, 5) is 4.98. The molecule has 0 atom stereocenters. The van der Waals surface area contributed by atoms with E-state index < -0.39 is 0 Å². The molecule has 0 aliphatic rings. The molecule has 0 saturated heterocycles. The largest absolute Gasteiger partial charge is 0.256 e. The molecule has 1 aromatic heterocycles. The van der Waals surface area contributed by atoms with Crippen LogP contribution < -0.4 is 0 Å². The van der Waals surface area contributed by atoms with Crippen molar-refractivity contribution in [3.8, 4) is 11.3 Å². The number of hydrogen-bond acceptors (Lipinski definition) is 1. The van der Waals surface area contributed by atoms with Gasteiger partial charge < -0.3 is 0 Å². The van der Waals surface area contributed by atoms with Gasteiger partial charge in [-0.2, -0.15) is 0 Å². The lowest BCUT2D eigenvalue weighted by Gasteiger charge is -2.23. The number of fused-ring (bicyclic) bond motifs is 11. The maximum Gasteiger partial charge on any atom is 0.0780 e. The molecule has 8 rings (SSSR count). The van der Waals surface area contributed by atoms with Gasteiger partial charge in [0.1, 0.15) is 0 Å². The van der Waals surface area contributed by atoms with Crippen molar-refractivity contribution in [1.29, 1.82) is 0 Å². The Morgan fingerprint density at radius 2 is 0.864 bits per heavy atom. The standard InChI is InChI=1S/C43H37N/c1-42(2,3)28-13-17-34-33-16-12-27(23-38(33)35-18-14-29(43(4,5)6)25-40(35)39(34)24-28)41-37-20-19-31-30-10-8-7-9-26(30)11-15-32(31)36(37)21-22-44-41/h7-25H,1-6H3. The average Bonchev–Trinajstić information content (AvgIpc) is 3.02. The molecule has 0 aliphatic heterocycles. The van der Waals surface area contributed by atoms with Gasteiger partial charge in [-0.15, -0.1) is 0 Å². The van der Waals surface area contributed by atoms with Gasteiger partial charge in [0.05, 0.1) is 5.69 Å². The minimum Gasteiger partial charge on any atom is -0.256 e. The van der Waals surface area contributed by atoms with Gasteiger partial charge in [0.25, 0.3) is 0 Å². The number of hydrogen-bond donors (Lipinski definition) is 0. The quantitative estimate of drug-likeness (QED) is 0.180. The molecule has 0 saturated carbocycles. The molecule has 0 aliphatic carbocycles. The van der Waals surface area contributed by atoms with Crippen molar-refractivity contribution in [2.24, 2.45) is 0 Å². The summed E-state index contributed by atoms with van der Waals surface area (Å²) < 4.78 is 0. The molecule has 0 N–H and O–H groups in total. The van der Waals surface area contributed by atoms with Gasteiger partial charge in [-0.25, -0.2) is 0 Å². The van der Waals surface area contributed by atoms with Crippen LogP contribution in [0.5, 0.6) is 0 Å². The fraction of sp³-hybridized carbons (Fsp3) is 0.186. The highest BCUT2D eigenvalue weighted by atomic mass is 14.7. The minimum absolute atomic E-state index is 0.0694. The fourth-order valence-electron chi connectivity index (χ4n) is 7.07. The molecular weight excluding hydrogens is 530 g/mol. The third kappa shape index (κ3) is 4.10. The lowest BCUT2D eigenvalue weighted by Crippen LogP contribution is -2.11. The van der Waals surface area contributed by atoms with Crippen molar-refractivity contribution in [2.75, 3.05) is 0 Å². The van der Waals surface area contributed by atoms with Crippen molar-refractivity contribution in [2.45, 2.75) is 52.4 Å². The first-order chi connectivity index (χ1) is 21.1. The average molecular weight is 568 g/mol. The molecule has 1 heteroatoms. The molecule has 44 heavy (non-hydrogen) atoms. The van der Waals surface area contributed by atoms with E-state index in [1.165, 1.54) is 75.8 Å². The molecular formula is C43H37N. The van der Waals surface area contributed by atoms with Gasteiger partial charge in [0.15, 0.2) is 0 Å². The van der Waals surface area contributed by atoms with Gasteiger partial charge in [0, 0.05) is 17.1 Å². The van der Waals surface area contributed by atoms with Crippen LogP contribution in [0.15, 0.2) is 115 Å². The number of pyridine rings is 1. The van der Waals surface area contributed by atoms with Crippen molar-refractivity contribution < 1.29 is 0 Å². The smallest absolute Gasteiger partial charge is 0.0780 e. The first-order valence-electron chi connectivity index (χ1n) is 15.7. The van der Waals surface area contributed by atoms with E-state index in [0.29, 0.717) is 0 Å². The van der Waals surface area contributed by atoms with Crippen LogP contribution >= 0.6 is 0 Å². The van der Waals surface area contributed by atoms with Crippen LogP contribution in [0.3, 0.4) is 0 Å². The Morgan fingerprint density at radius 3 is 1.55 bits per heavy atom. The van der Waals surface area contributed by atoms with Crippen LogP contribution in [-0.2, 0) is 10.8 Å². The molecule has 0 spiro atoms. The van der Waals surface area contributed by atoms with E-state index in [0.717, 1.165) is 11.3 Å². The van der Waals surface area contributed by atoms with E-state index in [1.807, 2.05) is 6.20 Å². The molecule has 0 bridgehead atoms. The summed E-state index contributed by atoms with van der Waals surface area (Å²) in [5.74, 6) is 0. The van der Waals surface area contributed by atoms with E-state index in [2.05, 4.69) is 151 Å². The zero-order valence-corrected chi connectivity index (χ0v) is 26.4. The van der Waals surface area contributed by atoms with Gasteiger partial charge in [0.2, 0.25) is 0 Å². The van der Waals surface area contributed by atoms with Gasteiger partial charge >= 0.3 is 0 Å². The number of rotatable bonds is 1. The van der Waals surface area contributed by atoms with E-state index >= 15 is 0 Å². The molecule has 0 radical (unpaired) electrons. The van der Waals surface area contributed by atoms with Crippen molar-refractivity contribution in [3.05, 3.63) is 127 Å². The Kier molecular flexibility index (Phi) is 5.72. The Hall–Kier alpha value is -4.75. The highest BCUT2D eigenvalue weighted by molar-refractivity contribution is 6.26. The Morgan fingerprint density at radius 1 is 0.386 bits per heavy atom. The van der Waals surface area contributed by atoms with Crippen molar-refractivity contribution in [3.63, 3.8) is 0 Å². The Bertz CT molecular complexity index is 2450. The monoisotopic (exact) mass is 567 g/mol. The molecule has 214 valence electrons. The molecule has 1 nitrogen and oxygen atoms in total. The summed E-state index contributed by atoms with van der Waals surface area (Å²) in [7, 11) is 0. The predicted octanol–water partition coefficient (Wildman–Crippen LogP) is 12.3. The van der Waals surface area contributed by atoms with E-state index in [9.17, 15) is 0 Å². The number of aromatic nitrogens is 1. The summed E-state index contributed by atoms with van der Waals surface area (Å²) in [5.41, 5.74) is 5.05. The molecule has 0 amide bonds. The molecule has 0 unspecified atom stereocenters. The van der Waals surface area contributed by atoms with E-state index in [4.69, 9.17) is 4.98 Å². The van der Waals surface area contributed by atoms with E-state index in [1.54, 1.807) is 0 Å². The molecule has 8 aromatic rings. The van der Waals surface area contributed by atoms with Crippen LogP contribution in [-0.4, -0.2) is 4.98 Å². The Labute approximate surface area is 259 Å². The van der Waals surface area contributed by atoms with E-state index in [-0.39, 0.29) is 10.8 Å². The van der Waals surface area contributed by atoms with Crippen LogP contribution in [0.4, 0.5) is 0 Å². The zero-order chi connectivity index (χ0) is 30.4. The molecule has 7 aromatic carbocycles. The second-order valence-corrected chi connectivity index (χ2v) is 14.5. The summed E-state index contributed by atoms with van der Waals surface area (Å²) in [6, 6.07) is 41.0. The van der Waals surface area contributed by atoms with Crippen molar-refractivity contribution >= 4 is 64.6 Å². The van der Waals surface area contributed by atoms with Gasteiger partial charge in [-0.05, 0) is 105 Å². The molecule has 0 fully saturated rings. The third-order valence-electron chi connectivity index (χ3n) is 9.60. The first kappa shape index (κ1) is 26.8. The normalized spacial score (nSPS) is 12.8. The van der Waals surface area contributed by atoms with Crippen LogP contribution in [0.25, 0.3) is 75.9 Å². The first-order valence-corrected chi connectivity index (χ1v) is 15.7. The topological polar surface area (TPSA) is 12.9 Å². The lowest BCUT2D eigenvalue weighted by atomic mass is 9.82. The van der Waals surface area contributed by atoms with Gasteiger partial charge in [-0.1, -0.05) is 126 Å². The second-order valence-electron chi connectivity index (χ2n) is 14.5. The third-order valence-corrected chi connectivity index (χ3v) is 9.60. The minimum atomic E-state index is 0.0694. The zero-order valence-electron chi connectivity index (χ0n) is 26.4. The highest BCUT2D eigenvalue weighted by Gasteiger charge is 2.20. The maximum atomic E-state index is 4.98. The second kappa shape index (κ2) is 9.37. The fourth-order valence-corrected chi connectivity index (χ4v) is 7.07. The summed E-state index contributed by atoms with van der Waals surface area (Å²) in [6.07, 6.45) is 1.97. The van der Waals surface area contributed by atoms with Crippen LogP contribution in [0.2, 0.25) is 0 Å². The SMILES string of the molecule is CC(C)(C)c1ccc2c3ccc(-c4nccc5c4ccc4c6ccccc6ccc54)cc3c3ccc(C(C)(C)C)cc3c2c1.